The second kappa shape index (κ2) is 153. The van der Waals surface area contributed by atoms with Gasteiger partial charge >= 0.3 is 35.6 Å². The molecule has 13 heavy (non-hydrogen) atoms. The minimum absolute atomic E-state index is 0. The SMILES string of the molecule is O.O.O.O.O.O.O.O.O=C([O-])[O-].[La+3]. The molecule has 0 amide bonds. The van der Waals surface area contributed by atoms with E-state index in [4.69, 9.17) is 15.0 Å². The average Bonchev–Trinajstić information content (AvgIpc) is 0.811. The van der Waals surface area contributed by atoms with Gasteiger partial charge < -0.3 is 58.8 Å². The third-order valence-electron chi connectivity index (χ3n) is 0. The Balaban J connectivity index is -0.00000000125. The summed E-state index contributed by atoms with van der Waals surface area (Å²) in [5, 5.41) is 16.7. The molecule has 0 aliphatic heterocycles. The van der Waals surface area contributed by atoms with Gasteiger partial charge in [-0.3, -0.25) is 0 Å². The zero-order valence-corrected chi connectivity index (χ0v) is 9.93. The molecule has 0 saturated heterocycles. The molecule has 0 spiro atoms. The topological polar surface area (TPSA) is 315 Å². The second-order valence-electron chi connectivity index (χ2n) is 0.250. The Morgan fingerprint density at radius 1 is 0.615 bits per heavy atom. The summed E-state index contributed by atoms with van der Waals surface area (Å²) in [6.07, 6.45) is -2.33. The van der Waals surface area contributed by atoms with Crippen molar-refractivity contribution in [3.63, 3.8) is 0 Å². The predicted molar refractivity (Wildman–Crippen MR) is 34.3 cm³/mol. The van der Waals surface area contributed by atoms with Gasteiger partial charge in [0, 0.05) is 0 Å². The molecule has 0 heterocycles. The van der Waals surface area contributed by atoms with Crippen molar-refractivity contribution in [2.24, 2.45) is 0 Å². The van der Waals surface area contributed by atoms with Crippen LogP contribution in [0.15, 0.2) is 0 Å². The normalized spacial score (nSPS) is 1.85. The summed E-state index contributed by atoms with van der Waals surface area (Å²) in [7, 11) is 0. The molecule has 0 aromatic rings. The number of carbonyl (C=O) groups is 1. The second-order valence-corrected chi connectivity index (χ2v) is 0.250. The maximum atomic E-state index is 8.33. The molecule has 0 aromatic heterocycles. The summed E-state index contributed by atoms with van der Waals surface area (Å²) in [5.41, 5.74) is 0. The van der Waals surface area contributed by atoms with Crippen molar-refractivity contribution < 1.29 is 94.4 Å². The molecule has 0 atom stereocenters. The third-order valence-corrected chi connectivity index (χ3v) is 0. The van der Waals surface area contributed by atoms with Crippen molar-refractivity contribution >= 4 is 6.16 Å². The van der Waals surface area contributed by atoms with Gasteiger partial charge in [0.15, 0.2) is 0 Å². The fourth-order valence-electron chi connectivity index (χ4n) is 0. The van der Waals surface area contributed by atoms with Gasteiger partial charge in [-0.2, -0.15) is 0 Å². The van der Waals surface area contributed by atoms with Crippen LogP contribution >= 0.6 is 0 Å². The molecule has 0 radical (unpaired) electrons. The van der Waals surface area contributed by atoms with E-state index in [-0.39, 0.29) is 79.4 Å². The first-order valence-corrected chi connectivity index (χ1v) is 0.612. The molecule has 0 aromatic carbocycles. The Bertz CT molecular complexity index is 33.1. The number of carbonyl (C=O) groups excluding carboxylic acids is 1. The molecule has 0 rings (SSSR count). The van der Waals surface area contributed by atoms with E-state index < -0.39 is 6.16 Å². The molecule has 0 bridgehead atoms. The van der Waals surface area contributed by atoms with Crippen molar-refractivity contribution in [3.05, 3.63) is 0 Å². The van der Waals surface area contributed by atoms with Crippen molar-refractivity contribution in [1.82, 2.24) is 0 Å². The third kappa shape index (κ3) is 59600. The Morgan fingerprint density at radius 2 is 0.615 bits per heavy atom. The summed E-state index contributed by atoms with van der Waals surface area (Å²) >= 11 is 0. The van der Waals surface area contributed by atoms with Gasteiger partial charge in [0.05, 0.1) is 0 Å². The van der Waals surface area contributed by atoms with Crippen LogP contribution in [-0.4, -0.2) is 50.0 Å². The minimum Gasteiger partial charge on any atom is -0.652 e. The quantitative estimate of drug-likeness (QED) is 0.413. The fraction of sp³-hybridized carbons (Fsp3) is 0. The van der Waals surface area contributed by atoms with E-state index in [1.807, 2.05) is 0 Å². The average molecular weight is 343 g/mol. The molecule has 16 N–H and O–H groups in total. The summed E-state index contributed by atoms with van der Waals surface area (Å²) in [6, 6.07) is 0. The molecule has 0 saturated carbocycles. The molecule has 88 valence electrons. The van der Waals surface area contributed by atoms with E-state index >= 15 is 0 Å². The first-order chi connectivity index (χ1) is 1.73. The molecule has 0 unspecified atom stereocenters. The first-order valence-electron chi connectivity index (χ1n) is 0.612. The molecule has 11 nitrogen and oxygen atoms in total. The number of rotatable bonds is 0. The van der Waals surface area contributed by atoms with Gasteiger partial charge in [0.1, 0.15) is 0 Å². The van der Waals surface area contributed by atoms with E-state index in [1.165, 1.54) is 0 Å². The van der Waals surface area contributed by atoms with Crippen LogP contribution in [0.1, 0.15) is 0 Å². The fourth-order valence-corrected chi connectivity index (χ4v) is 0. The molecule has 0 fully saturated rings. The summed E-state index contributed by atoms with van der Waals surface area (Å²) in [6.45, 7) is 0. The van der Waals surface area contributed by atoms with Crippen molar-refractivity contribution in [2.45, 2.75) is 0 Å². The van der Waals surface area contributed by atoms with Gasteiger partial charge in [-0.15, -0.1) is 0 Å². The molecular formula is CH16LaO11+. The molecular weight excluding hydrogens is 327 g/mol. The van der Waals surface area contributed by atoms with E-state index in [0.717, 1.165) is 0 Å². The summed E-state index contributed by atoms with van der Waals surface area (Å²) < 4.78 is 0. The Kier molecular flexibility index (Phi) is 2300. The van der Waals surface area contributed by atoms with Crippen LogP contribution in [0.5, 0.6) is 0 Å². The Hall–Kier alpha value is 0.145. The summed E-state index contributed by atoms with van der Waals surface area (Å²) in [5.74, 6) is 0. The maximum Gasteiger partial charge on any atom is 3.00 e. The number of carboxylic acid groups (broad SMARTS) is 2. The van der Waals surface area contributed by atoms with Crippen LogP contribution in [0.2, 0.25) is 0 Å². The minimum atomic E-state index is -2.33. The molecule has 0 aliphatic carbocycles. The van der Waals surface area contributed by atoms with Gasteiger partial charge in [-0.25, -0.2) is 0 Å². The zero-order chi connectivity index (χ0) is 3.58. The number of hydrogen-bond acceptors (Lipinski definition) is 3. The van der Waals surface area contributed by atoms with Gasteiger partial charge in [-0.05, 0) is 6.16 Å². The number of hydrogen-bond donors (Lipinski definition) is 0. The Morgan fingerprint density at radius 3 is 0.615 bits per heavy atom. The molecule has 0 aliphatic rings. The van der Waals surface area contributed by atoms with Crippen LogP contribution in [0, 0.1) is 35.6 Å². The van der Waals surface area contributed by atoms with Crippen molar-refractivity contribution in [2.75, 3.05) is 0 Å². The largest absolute Gasteiger partial charge is 3.00 e. The molecule has 12 heteroatoms. The smallest absolute Gasteiger partial charge is 0.652 e. The van der Waals surface area contributed by atoms with Crippen LogP contribution in [0.4, 0.5) is 4.79 Å². The van der Waals surface area contributed by atoms with Gasteiger partial charge in [0.2, 0.25) is 0 Å². The van der Waals surface area contributed by atoms with Crippen molar-refractivity contribution in [1.29, 1.82) is 0 Å². The summed E-state index contributed by atoms with van der Waals surface area (Å²) in [4.78, 5) is 8.33. The standard InChI is InChI=1S/CH2O3.La.8H2O/c2-1(3)4;;;;;;;;;/h(H2,2,3,4);;8*1H2/q;+3;;;;;;;;/p-2. The monoisotopic (exact) mass is 343 g/mol. The maximum absolute atomic E-state index is 8.33. The first kappa shape index (κ1) is 196. The Labute approximate surface area is 100 Å². The van der Waals surface area contributed by atoms with Crippen LogP contribution in [0.3, 0.4) is 0 Å². The van der Waals surface area contributed by atoms with E-state index in [1.54, 1.807) is 0 Å². The predicted octanol–water partition coefficient (Wildman–Crippen LogP) is -9.04. The van der Waals surface area contributed by atoms with Crippen LogP contribution in [-0.2, 0) is 0 Å². The van der Waals surface area contributed by atoms with E-state index in [9.17, 15) is 0 Å². The van der Waals surface area contributed by atoms with Crippen LogP contribution in [0.25, 0.3) is 0 Å². The van der Waals surface area contributed by atoms with Crippen molar-refractivity contribution in [3.8, 4) is 0 Å². The zero-order valence-electron chi connectivity index (χ0n) is 6.30. The van der Waals surface area contributed by atoms with E-state index in [0.29, 0.717) is 0 Å². The van der Waals surface area contributed by atoms with E-state index in [2.05, 4.69) is 0 Å². The van der Waals surface area contributed by atoms with Crippen LogP contribution < -0.4 is 10.2 Å². The van der Waals surface area contributed by atoms with Gasteiger partial charge in [0.25, 0.3) is 0 Å². The van der Waals surface area contributed by atoms with Gasteiger partial charge in [-0.1, -0.05) is 0 Å².